The predicted molar refractivity (Wildman–Crippen MR) is 83.7 cm³/mol. The first-order valence-corrected chi connectivity index (χ1v) is 6.80. The number of carbonyl (C=O) groups is 1. The molecule has 0 unspecified atom stereocenters. The molecular weight excluding hydrogens is 264 g/mol. The Bertz CT molecular complexity index is 604. The van der Waals surface area contributed by atoms with Crippen LogP contribution in [0.2, 0.25) is 0 Å². The Hall–Kier alpha value is -2.62. The first kappa shape index (κ1) is 14.8. The molecule has 0 radical (unpaired) electrons. The summed E-state index contributed by atoms with van der Waals surface area (Å²) in [5.74, 6) is 0.493. The van der Waals surface area contributed by atoms with Crippen LogP contribution in [0.1, 0.15) is 29.8 Å². The molecule has 21 heavy (non-hydrogen) atoms. The highest BCUT2D eigenvalue weighted by molar-refractivity contribution is 5.94. The van der Waals surface area contributed by atoms with Gasteiger partial charge in [-0.2, -0.15) is 5.10 Å². The average molecular weight is 282 g/mol. The van der Waals surface area contributed by atoms with Gasteiger partial charge in [0.2, 0.25) is 0 Å². The van der Waals surface area contributed by atoms with Gasteiger partial charge in [0.15, 0.2) is 0 Å². The van der Waals surface area contributed by atoms with Gasteiger partial charge in [0, 0.05) is 5.56 Å². The first-order valence-electron chi connectivity index (χ1n) is 6.80. The van der Waals surface area contributed by atoms with E-state index in [1.807, 2.05) is 44.2 Å². The number of hydrogen-bond donors (Lipinski definition) is 1. The second-order valence-electron chi connectivity index (χ2n) is 4.80. The van der Waals surface area contributed by atoms with Gasteiger partial charge in [-0.3, -0.25) is 4.79 Å². The van der Waals surface area contributed by atoms with Crippen LogP contribution in [-0.4, -0.2) is 18.2 Å². The monoisotopic (exact) mass is 282 g/mol. The van der Waals surface area contributed by atoms with E-state index in [1.54, 1.807) is 30.5 Å². The highest BCUT2D eigenvalue weighted by Crippen LogP contribution is 2.13. The normalized spacial score (nSPS) is 10.8. The van der Waals surface area contributed by atoms with Crippen molar-refractivity contribution < 1.29 is 9.53 Å². The SMILES string of the molecule is CC(C)Oc1ccc(C(=O)N/N=C\c2ccccc2)cc1. The molecule has 0 saturated heterocycles. The van der Waals surface area contributed by atoms with Crippen LogP contribution >= 0.6 is 0 Å². The molecule has 0 bridgehead atoms. The molecule has 0 aromatic heterocycles. The zero-order chi connectivity index (χ0) is 15.1. The van der Waals surface area contributed by atoms with Crippen LogP contribution in [0, 0.1) is 0 Å². The molecule has 0 atom stereocenters. The molecule has 2 aromatic rings. The van der Waals surface area contributed by atoms with Crippen LogP contribution in [0.4, 0.5) is 0 Å². The number of ether oxygens (including phenoxy) is 1. The number of nitrogens with zero attached hydrogens (tertiary/aromatic N) is 1. The summed E-state index contributed by atoms with van der Waals surface area (Å²) in [6.45, 7) is 3.91. The third-order valence-electron chi connectivity index (χ3n) is 2.67. The lowest BCUT2D eigenvalue weighted by atomic mass is 10.2. The Morgan fingerprint density at radius 1 is 1.10 bits per heavy atom. The highest BCUT2D eigenvalue weighted by Gasteiger charge is 2.04. The first-order chi connectivity index (χ1) is 10.1. The third-order valence-corrected chi connectivity index (χ3v) is 2.67. The maximum Gasteiger partial charge on any atom is 0.271 e. The second kappa shape index (κ2) is 7.24. The Morgan fingerprint density at radius 3 is 2.38 bits per heavy atom. The van der Waals surface area contributed by atoms with E-state index in [9.17, 15) is 4.79 Å². The fraction of sp³-hybridized carbons (Fsp3) is 0.176. The van der Waals surface area contributed by atoms with E-state index in [2.05, 4.69) is 10.5 Å². The molecule has 0 aliphatic carbocycles. The van der Waals surface area contributed by atoms with Crippen molar-refractivity contribution in [3.63, 3.8) is 0 Å². The largest absolute Gasteiger partial charge is 0.491 e. The standard InChI is InChI=1S/C17H18N2O2/c1-13(2)21-16-10-8-15(9-11-16)17(20)19-18-12-14-6-4-3-5-7-14/h3-13H,1-2H3,(H,19,20)/b18-12-. The van der Waals surface area contributed by atoms with E-state index < -0.39 is 0 Å². The molecule has 4 heteroatoms. The van der Waals surface area contributed by atoms with Crippen molar-refractivity contribution in [2.24, 2.45) is 5.10 Å². The minimum Gasteiger partial charge on any atom is -0.491 e. The summed E-state index contributed by atoms with van der Waals surface area (Å²) in [5.41, 5.74) is 3.96. The van der Waals surface area contributed by atoms with Gasteiger partial charge in [-0.05, 0) is 43.7 Å². The van der Waals surface area contributed by atoms with E-state index in [4.69, 9.17) is 4.74 Å². The van der Waals surface area contributed by atoms with E-state index in [-0.39, 0.29) is 12.0 Å². The Labute approximate surface area is 124 Å². The zero-order valence-corrected chi connectivity index (χ0v) is 12.1. The molecule has 108 valence electrons. The van der Waals surface area contributed by atoms with Gasteiger partial charge in [0.1, 0.15) is 5.75 Å². The van der Waals surface area contributed by atoms with Crippen molar-refractivity contribution in [1.82, 2.24) is 5.43 Å². The fourth-order valence-electron chi connectivity index (χ4n) is 1.73. The van der Waals surface area contributed by atoms with Gasteiger partial charge in [0.05, 0.1) is 12.3 Å². The van der Waals surface area contributed by atoms with Crippen LogP contribution < -0.4 is 10.2 Å². The number of nitrogens with one attached hydrogen (secondary N) is 1. The Kier molecular flexibility index (Phi) is 5.10. The van der Waals surface area contributed by atoms with Crippen molar-refractivity contribution >= 4 is 12.1 Å². The molecule has 0 spiro atoms. The van der Waals surface area contributed by atoms with Gasteiger partial charge in [0.25, 0.3) is 5.91 Å². The fourth-order valence-corrected chi connectivity index (χ4v) is 1.73. The maximum absolute atomic E-state index is 11.9. The number of carbonyl (C=O) groups excluding carboxylic acids is 1. The molecule has 2 aromatic carbocycles. The molecular formula is C17H18N2O2. The van der Waals surface area contributed by atoms with Gasteiger partial charge in [-0.25, -0.2) is 5.43 Å². The van der Waals surface area contributed by atoms with Crippen LogP contribution in [0.25, 0.3) is 0 Å². The molecule has 0 saturated carbocycles. The minimum atomic E-state index is -0.252. The maximum atomic E-state index is 11.9. The smallest absolute Gasteiger partial charge is 0.271 e. The van der Waals surface area contributed by atoms with E-state index >= 15 is 0 Å². The lowest BCUT2D eigenvalue weighted by molar-refractivity contribution is 0.0955. The van der Waals surface area contributed by atoms with Gasteiger partial charge in [-0.15, -0.1) is 0 Å². The van der Waals surface area contributed by atoms with E-state index in [0.717, 1.165) is 11.3 Å². The lowest BCUT2D eigenvalue weighted by Gasteiger charge is -2.09. The summed E-state index contributed by atoms with van der Waals surface area (Å²) in [6, 6.07) is 16.5. The summed E-state index contributed by atoms with van der Waals surface area (Å²) >= 11 is 0. The van der Waals surface area contributed by atoms with Crippen molar-refractivity contribution in [2.45, 2.75) is 20.0 Å². The lowest BCUT2D eigenvalue weighted by Crippen LogP contribution is -2.17. The number of hydrazone groups is 1. The van der Waals surface area contributed by atoms with Gasteiger partial charge in [-0.1, -0.05) is 30.3 Å². The number of amides is 1. The summed E-state index contributed by atoms with van der Waals surface area (Å²) in [4.78, 5) is 11.9. The minimum absolute atomic E-state index is 0.111. The number of rotatable bonds is 5. The average Bonchev–Trinajstić information content (AvgIpc) is 2.48. The van der Waals surface area contributed by atoms with Crippen LogP contribution in [0.3, 0.4) is 0 Å². The third kappa shape index (κ3) is 4.76. The van der Waals surface area contributed by atoms with Gasteiger partial charge >= 0.3 is 0 Å². The Morgan fingerprint density at radius 2 is 1.76 bits per heavy atom. The van der Waals surface area contributed by atoms with Crippen molar-refractivity contribution in [3.8, 4) is 5.75 Å². The van der Waals surface area contributed by atoms with Crippen molar-refractivity contribution in [2.75, 3.05) is 0 Å². The molecule has 0 aliphatic heterocycles. The van der Waals surface area contributed by atoms with Crippen LogP contribution in [0.15, 0.2) is 59.7 Å². The molecule has 1 N–H and O–H groups in total. The van der Waals surface area contributed by atoms with Gasteiger partial charge < -0.3 is 4.74 Å². The van der Waals surface area contributed by atoms with Crippen molar-refractivity contribution in [1.29, 1.82) is 0 Å². The quantitative estimate of drug-likeness (QED) is 0.676. The van der Waals surface area contributed by atoms with Crippen LogP contribution in [0.5, 0.6) is 5.75 Å². The highest BCUT2D eigenvalue weighted by atomic mass is 16.5. The summed E-state index contributed by atoms with van der Waals surface area (Å²) in [7, 11) is 0. The van der Waals surface area contributed by atoms with Crippen LogP contribution in [-0.2, 0) is 0 Å². The zero-order valence-electron chi connectivity index (χ0n) is 12.1. The van der Waals surface area contributed by atoms with Crippen molar-refractivity contribution in [3.05, 3.63) is 65.7 Å². The molecule has 4 nitrogen and oxygen atoms in total. The summed E-state index contributed by atoms with van der Waals surface area (Å²) in [6.07, 6.45) is 1.72. The van der Waals surface area contributed by atoms with E-state index in [0.29, 0.717) is 5.56 Å². The Balaban J connectivity index is 1.93. The number of benzene rings is 2. The predicted octanol–water partition coefficient (Wildman–Crippen LogP) is 3.24. The topological polar surface area (TPSA) is 50.7 Å². The molecule has 1 amide bonds. The number of hydrogen-bond acceptors (Lipinski definition) is 3. The molecule has 0 heterocycles. The second-order valence-corrected chi connectivity index (χ2v) is 4.80. The molecule has 2 rings (SSSR count). The summed E-state index contributed by atoms with van der Waals surface area (Å²) < 4.78 is 5.53. The molecule has 0 fully saturated rings. The van der Waals surface area contributed by atoms with E-state index in [1.165, 1.54) is 0 Å². The molecule has 0 aliphatic rings. The summed E-state index contributed by atoms with van der Waals surface area (Å²) in [5, 5.41) is 3.93.